The van der Waals surface area contributed by atoms with Crippen LogP contribution in [-0.2, 0) is 20.7 Å². The molecule has 1 atom stereocenters. The van der Waals surface area contributed by atoms with Crippen LogP contribution in [0, 0.1) is 11.7 Å². The van der Waals surface area contributed by atoms with Crippen LogP contribution >= 0.6 is 0 Å². The lowest BCUT2D eigenvalue weighted by Crippen LogP contribution is -2.46. The first-order valence-electron chi connectivity index (χ1n) is 10.5. The van der Waals surface area contributed by atoms with Crippen molar-refractivity contribution in [3.63, 3.8) is 0 Å². The van der Waals surface area contributed by atoms with E-state index in [9.17, 15) is 14.0 Å². The Labute approximate surface area is 176 Å². The van der Waals surface area contributed by atoms with Crippen LogP contribution in [0.5, 0.6) is 0 Å². The summed E-state index contributed by atoms with van der Waals surface area (Å²) in [5.74, 6) is -0.625. The second kappa shape index (κ2) is 8.56. The largest absolute Gasteiger partial charge is 0.381 e. The summed E-state index contributed by atoms with van der Waals surface area (Å²) >= 11 is 0. The van der Waals surface area contributed by atoms with Gasteiger partial charge in [-0.25, -0.2) is 4.39 Å². The molecule has 158 valence electrons. The molecule has 0 saturated heterocycles. The Morgan fingerprint density at radius 2 is 1.90 bits per heavy atom. The van der Waals surface area contributed by atoms with Gasteiger partial charge in [0.15, 0.2) is 0 Å². The molecule has 2 aliphatic rings. The lowest BCUT2D eigenvalue weighted by molar-refractivity contribution is -0.130. The van der Waals surface area contributed by atoms with Crippen LogP contribution in [-0.4, -0.2) is 31.6 Å². The van der Waals surface area contributed by atoms with Crippen LogP contribution in [0.15, 0.2) is 42.5 Å². The highest BCUT2D eigenvalue weighted by Crippen LogP contribution is 2.36. The van der Waals surface area contributed by atoms with E-state index in [1.807, 2.05) is 30.0 Å². The van der Waals surface area contributed by atoms with Gasteiger partial charge in [0.2, 0.25) is 11.8 Å². The van der Waals surface area contributed by atoms with Gasteiger partial charge in [0.1, 0.15) is 5.82 Å². The maximum Gasteiger partial charge on any atom is 0.231 e. The molecule has 2 aromatic carbocycles. The van der Waals surface area contributed by atoms with Gasteiger partial charge in [-0.3, -0.25) is 9.59 Å². The van der Waals surface area contributed by atoms with Crippen LogP contribution in [0.4, 0.5) is 15.8 Å². The fraction of sp³-hybridized carbons (Fsp3) is 0.417. The van der Waals surface area contributed by atoms with Crippen LogP contribution < -0.4 is 10.2 Å². The molecule has 0 unspecified atom stereocenters. The fourth-order valence-corrected chi connectivity index (χ4v) is 4.23. The number of amides is 2. The summed E-state index contributed by atoms with van der Waals surface area (Å²) in [6, 6.07) is 11.7. The van der Waals surface area contributed by atoms with Crippen molar-refractivity contribution in [3.8, 4) is 0 Å². The zero-order valence-corrected chi connectivity index (χ0v) is 17.4. The standard InChI is InChI=1S/C24H27FN2O3/c1-15(23(28)26-20-8-6-19(25)7-9-20)16-5-10-22-17(12-16)4-3-11-27(22)24(29)18-13-21(14-18)30-2/h5-10,12,15,18,21H,3-4,11,13-14H2,1-2H3,(H,26,28)/t15-,18?,21?/m0/s1. The van der Waals surface area contributed by atoms with Crippen LogP contribution in [0.3, 0.4) is 0 Å². The molecule has 2 amide bonds. The van der Waals surface area contributed by atoms with Crippen molar-refractivity contribution < 1.29 is 18.7 Å². The molecule has 0 radical (unpaired) electrons. The van der Waals surface area contributed by atoms with Gasteiger partial charge >= 0.3 is 0 Å². The molecule has 1 N–H and O–H groups in total. The predicted octanol–water partition coefficient (Wildman–Crippen LogP) is 4.27. The Kier molecular flexibility index (Phi) is 5.86. The molecule has 1 saturated carbocycles. The van der Waals surface area contributed by atoms with E-state index < -0.39 is 0 Å². The molecule has 0 aromatic heterocycles. The number of carbonyl (C=O) groups excluding carboxylic acids is 2. The van der Waals surface area contributed by atoms with E-state index in [1.54, 1.807) is 19.2 Å². The topological polar surface area (TPSA) is 58.6 Å². The highest BCUT2D eigenvalue weighted by Gasteiger charge is 2.38. The number of ether oxygens (including phenoxy) is 1. The van der Waals surface area contributed by atoms with Crippen molar-refractivity contribution >= 4 is 23.2 Å². The number of anilines is 2. The first kappa shape index (κ1) is 20.5. The van der Waals surface area contributed by atoms with E-state index in [1.165, 1.54) is 12.1 Å². The number of carbonyl (C=O) groups is 2. The number of nitrogens with one attached hydrogen (secondary N) is 1. The molecule has 1 aliphatic heterocycles. The van der Waals surface area contributed by atoms with E-state index >= 15 is 0 Å². The zero-order valence-electron chi connectivity index (χ0n) is 17.4. The number of methoxy groups -OCH3 is 1. The average molecular weight is 410 g/mol. The minimum Gasteiger partial charge on any atom is -0.381 e. The molecule has 1 fully saturated rings. The van der Waals surface area contributed by atoms with Crippen molar-refractivity contribution in [2.75, 3.05) is 23.9 Å². The van der Waals surface area contributed by atoms with Gasteiger partial charge in [-0.05, 0) is 74.1 Å². The lowest BCUT2D eigenvalue weighted by Gasteiger charge is -2.38. The van der Waals surface area contributed by atoms with E-state index in [-0.39, 0.29) is 35.6 Å². The van der Waals surface area contributed by atoms with Crippen LogP contribution in [0.1, 0.15) is 43.2 Å². The molecule has 0 bridgehead atoms. The third-order valence-corrected chi connectivity index (χ3v) is 6.27. The number of benzene rings is 2. The molecule has 4 rings (SSSR count). The number of fused-ring (bicyclic) bond motifs is 1. The predicted molar refractivity (Wildman–Crippen MR) is 114 cm³/mol. The second-order valence-corrected chi connectivity index (χ2v) is 8.23. The summed E-state index contributed by atoms with van der Waals surface area (Å²) in [7, 11) is 1.69. The molecule has 0 spiro atoms. The smallest absolute Gasteiger partial charge is 0.231 e. The monoisotopic (exact) mass is 410 g/mol. The lowest BCUT2D eigenvalue weighted by atomic mass is 9.80. The number of hydrogen-bond donors (Lipinski definition) is 1. The van der Waals surface area contributed by atoms with Crippen molar-refractivity contribution in [1.29, 1.82) is 0 Å². The maximum absolute atomic E-state index is 13.1. The van der Waals surface area contributed by atoms with Gasteiger partial charge in [-0.15, -0.1) is 0 Å². The summed E-state index contributed by atoms with van der Waals surface area (Å²) in [5.41, 5.74) is 3.54. The minimum absolute atomic E-state index is 0.0426. The van der Waals surface area contributed by atoms with Gasteiger partial charge in [-0.1, -0.05) is 12.1 Å². The summed E-state index contributed by atoms with van der Waals surface area (Å²) in [6.07, 6.45) is 3.59. The summed E-state index contributed by atoms with van der Waals surface area (Å²) < 4.78 is 18.4. The normalized spacial score (nSPS) is 21.4. The Hall–Kier alpha value is -2.73. The number of halogens is 1. The van der Waals surface area contributed by atoms with Gasteiger partial charge in [-0.2, -0.15) is 0 Å². The molecule has 30 heavy (non-hydrogen) atoms. The second-order valence-electron chi connectivity index (χ2n) is 8.23. The summed E-state index contributed by atoms with van der Waals surface area (Å²) in [6.45, 7) is 2.59. The van der Waals surface area contributed by atoms with Crippen molar-refractivity contribution in [1.82, 2.24) is 0 Å². The third kappa shape index (κ3) is 4.10. The highest BCUT2D eigenvalue weighted by molar-refractivity contribution is 5.98. The average Bonchev–Trinajstić information content (AvgIpc) is 2.73. The number of aryl methyl sites for hydroxylation is 1. The van der Waals surface area contributed by atoms with Crippen molar-refractivity contribution in [3.05, 3.63) is 59.4 Å². The van der Waals surface area contributed by atoms with Crippen molar-refractivity contribution in [2.24, 2.45) is 5.92 Å². The minimum atomic E-state index is -0.361. The molecule has 2 aromatic rings. The van der Waals surface area contributed by atoms with Gasteiger partial charge in [0.25, 0.3) is 0 Å². The summed E-state index contributed by atoms with van der Waals surface area (Å²) in [5, 5.41) is 2.83. The molecule has 5 nitrogen and oxygen atoms in total. The quantitative estimate of drug-likeness (QED) is 0.801. The summed E-state index contributed by atoms with van der Waals surface area (Å²) in [4.78, 5) is 27.5. The maximum atomic E-state index is 13.1. The Morgan fingerprint density at radius 1 is 1.17 bits per heavy atom. The van der Waals surface area contributed by atoms with E-state index in [0.717, 1.165) is 49.0 Å². The van der Waals surface area contributed by atoms with Crippen LogP contribution in [0.25, 0.3) is 0 Å². The SMILES string of the molecule is COC1CC(C(=O)N2CCCc3cc([C@H](C)C(=O)Nc4ccc(F)cc4)ccc32)C1. The Balaban J connectivity index is 1.47. The number of rotatable bonds is 5. The van der Waals surface area contributed by atoms with Gasteiger partial charge in [0, 0.05) is 30.9 Å². The molecular formula is C24H27FN2O3. The van der Waals surface area contributed by atoms with Gasteiger partial charge in [0.05, 0.1) is 12.0 Å². The first-order valence-corrected chi connectivity index (χ1v) is 10.5. The third-order valence-electron chi connectivity index (χ3n) is 6.27. The van der Waals surface area contributed by atoms with Gasteiger partial charge < -0.3 is 15.0 Å². The zero-order chi connectivity index (χ0) is 21.3. The van der Waals surface area contributed by atoms with E-state index in [2.05, 4.69) is 5.32 Å². The Morgan fingerprint density at radius 3 is 2.60 bits per heavy atom. The number of nitrogens with zero attached hydrogens (tertiary/aromatic N) is 1. The molecule has 1 aliphatic carbocycles. The molecular weight excluding hydrogens is 383 g/mol. The molecule has 1 heterocycles. The highest BCUT2D eigenvalue weighted by atomic mass is 19.1. The van der Waals surface area contributed by atoms with Crippen molar-refractivity contribution in [2.45, 2.75) is 44.6 Å². The number of hydrogen-bond acceptors (Lipinski definition) is 3. The first-order chi connectivity index (χ1) is 14.5. The van der Waals surface area contributed by atoms with E-state index in [4.69, 9.17) is 4.74 Å². The van der Waals surface area contributed by atoms with E-state index in [0.29, 0.717) is 5.69 Å². The molecule has 6 heteroatoms. The Bertz CT molecular complexity index is 938. The van der Waals surface area contributed by atoms with Crippen LogP contribution in [0.2, 0.25) is 0 Å². The fourth-order valence-electron chi connectivity index (χ4n) is 4.23.